The maximum Gasteiger partial charge on any atom is 0.223 e. The molecule has 0 bridgehead atoms. The molecule has 0 radical (unpaired) electrons. The first-order valence-electron chi connectivity index (χ1n) is 5.44. The van der Waals surface area contributed by atoms with E-state index in [9.17, 15) is 0 Å². The Kier molecular flexibility index (Phi) is 3.97. The van der Waals surface area contributed by atoms with Gasteiger partial charge in [0.1, 0.15) is 0 Å². The highest BCUT2D eigenvalue weighted by Crippen LogP contribution is 2.21. The monoisotopic (exact) mass is 267 g/mol. The molecule has 2 aromatic rings. The largest absolute Gasteiger partial charge is 0.354 e. The molecule has 90 valence electrons. The van der Waals surface area contributed by atoms with Gasteiger partial charge in [0, 0.05) is 22.8 Å². The van der Waals surface area contributed by atoms with Gasteiger partial charge in [0.15, 0.2) is 0 Å². The first kappa shape index (κ1) is 12.3. The molecule has 0 spiro atoms. The van der Waals surface area contributed by atoms with Gasteiger partial charge in [-0.2, -0.15) is 0 Å². The van der Waals surface area contributed by atoms with E-state index in [4.69, 9.17) is 11.6 Å². The number of aryl methyl sites for hydroxylation is 2. The maximum absolute atomic E-state index is 5.87. The maximum atomic E-state index is 5.87. The lowest BCUT2D eigenvalue weighted by Gasteiger charge is -2.05. The highest BCUT2D eigenvalue weighted by atomic mass is 35.5. The average molecular weight is 268 g/mol. The highest BCUT2D eigenvalue weighted by molar-refractivity contribution is 7.16. The van der Waals surface area contributed by atoms with Crippen molar-refractivity contribution >= 4 is 28.9 Å². The van der Waals surface area contributed by atoms with Crippen LogP contribution < -0.4 is 5.32 Å². The van der Waals surface area contributed by atoms with Crippen LogP contribution in [0.4, 0.5) is 5.95 Å². The van der Waals surface area contributed by atoms with E-state index in [0.29, 0.717) is 5.95 Å². The van der Waals surface area contributed by atoms with Crippen LogP contribution in [0.25, 0.3) is 0 Å². The molecular formula is C12H14ClN3S. The number of hydrogen-bond acceptors (Lipinski definition) is 4. The van der Waals surface area contributed by atoms with E-state index < -0.39 is 0 Å². The van der Waals surface area contributed by atoms with E-state index in [1.165, 1.54) is 4.88 Å². The van der Waals surface area contributed by atoms with Crippen LogP contribution in [0.1, 0.15) is 16.3 Å². The van der Waals surface area contributed by atoms with Crippen LogP contribution >= 0.6 is 22.9 Å². The summed E-state index contributed by atoms with van der Waals surface area (Å²) in [6.45, 7) is 4.76. The van der Waals surface area contributed by atoms with Gasteiger partial charge in [-0.05, 0) is 38.5 Å². The normalized spacial score (nSPS) is 10.5. The second kappa shape index (κ2) is 5.47. The molecule has 0 atom stereocenters. The Labute approximate surface area is 110 Å². The molecule has 5 heteroatoms. The van der Waals surface area contributed by atoms with E-state index in [0.717, 1.165) is 28.7 Å². The third-order valence-electron chi connectivity index (χ3n) is 2.27. The molecular weight excluding hydrogens is 254 g/mol. The molecule has 3 nitrogen and oxygen atoms in total. The molecule has 0 saturated heterocycles. The van der Waals surface area contributed by atoms with E-state index in [1.54, 1.807) is 11.3 Å². The van der Waals surface area contributed by atoms with Crippen LogP contribution in [-0.4, -0.2) is 16.5 Å². The Morgan fingerprint density at radius 2 is 1.94 bits per heavy atom. The lowest BCUT2D eigenvalue weighted by atomic mass is 10.3. The Hall–Kier alpha value is -1.13. The number of anilines is 1. The van der Waals surface area contributed by atoms with E-state index in [1.807, 2.05) is 26.0 Å². The van der Waals surface area contributed by atoms with E-state index >= 15 is 0 Å². The minimum Gasteiger partial charge on any atom is -0.354 e. The first-order chi connectivity index (χ1) is 8.13. The molecule has 0 amide bonds. The van der Waals surface area contributed by atoms with Crippen LogP contribution in [0, 0.1) is 13.8 Å². The summed E-state index contributed by atoms with van der Waals surface area (Å²) < 4.78 is 0.836. The molecule has 1 N–H and O–H groups in total. The summed E-state index contributed by atoms with van der Waals surface area (Å²) in [6.07, 6.45) is 0.938. The Morgan fingerprint density at radius 1 is 1.24 bits per heavy atom. The summed E-state index contributed by atoms with van der Waals surface area (Å²) in [5.41, 5.74) is 1.97. The standard InChI is InChI=1S/C12H14ClN3S/c1-8-7-9(2)16-12(15-8)14-6-5-10-3-4-11(13)17-10/h3-4,7H,5-6H2,1-2H3,(H,14,15,16). The van der Waals surface area contributed by atoms with Gasteiger partial charge in [-0.25, -0.2) is 9.97 Å². The summed E-state index contributed by atoms with van der Waals surface area (Å²) in [6, 6.07) is 5.94. The molecule has 0 aliphatic carbocycles. The number of nitrogens with zero attached hydrogens (tertiary/aromatic N) is 2. The molecule has 0 aliphatic heterocycles. The van der Waals surface area contributed by atoms with Crippen LogP contribution in [0.15, 0.2) is 18.2 Å². The van der Waals surface area contributed by atoms with E-state index in [-0.39, 0.29) is 0 Å². The van der Waals surface area contributed by atoms with E-state index in [2.05, 4.69) is 21.4 Å². The number of hydrogen-bond donors (Lipinski definition) is 1. The van der Waals surface area contributed by atoms with Gasteiger partial charge in [-0.15, -0.1) is 11.3 Å². The van der Waals surface area contributed by atoms with Crippen LogP contribution in [0.2, 0.25) is 4.34 Å². The summed E-state index contributed by atoms with van der Waals surface area (Å²) in [5, 5.41) is 3.23. The molecule has 0 unspecified atom stereocenters. The summed E-state index contributed by atoms with van der Waals surface area (Å²) in [5.74, 6) is 0.699. The molecule has 2 rings (SSSR count). The quantitative estimate of drug-likeness (QED) is 0.922. The van der Waals surface area contributed by atoms with Crippen molar-refractivity contribution in [3.8, 4) is 0 Å². The average Bonchev–Trinajstić information content (AvgIpc) is 2.63. The first-order valence-corrected chi connectivity index (χ1v) is 6.63. The second-order valence-corrected chi connectivity index (χ2v) is 5.66. The molecule has 0 aromatic carbocycles. The Bertz CT molecular complexity index is 490. The Morgan fingerprint density at radius 3 is 2.53 bits per heavy atom. The van der Waals surface area contributed by atoms with Crippen LogP contribution in [-0.2, 0) is 6.42 Å². The fourth-order valence-electron chi connectivity index (χ4n) is 1.59. The predicted molar refractivity (Wildman–Crippen MR) is 73.0 cm³/mol. The molecule has 0 saturated carbocycles. The van der Waals surface area contributed by atoms with Crippen molar-refractivity contribution in [3.63, 3.8) is 0 Å². The van der Waals surface area contributed by atoms with Crippen molar-refractivity contribution in [1.82, 2.24) is 9.97 Å². The lowest BCUT2D eigenvalue weighted by molar-refractivity contribution is 0.974. The van der Waals surface area contributed by atoms with Gasteiger partial charge in [0.05, 0.1) is 4.34 Å². The fourth-order valence-corrected chi connectivity index (χ4v) is 2.68. The molecule has 0 aliphatic rings. The summed E-state index contributed by atoms with van der Waals surface area (Å²) in [4.78, 5) is 9.92. The smallest absolute Gasteiger partial charge is 0.223 e. The topological polar surface area (TPSA) is 37.8 Å². The van der Waals surface area contributed by atoms with Gasteiger partial charge in [0.25, 0.3) is 0 Å². The molecule has 2 aromatic heterocycles. The highest BCUT2D eigenvalue weighted by Gasteiger charge is 2.00. The van der Waals surface area contributed by atoms with Gasteiger partial charge < -0.3 is 5.32 Å². The van der Waals surface area contributed by atoms with Crippen molar-refractivity contribution in [2.75, 3.05) is 11.9 Å². The van der Waals surface area contributed by atoms with Crippen LogP contribution in [0.5, 0.6) is 0 Å². The third-order valence-corrected chi connectivity index (χ3v) is 3.56. The number of halogens is 1. The fraction of sp³-hybridized carbons (Fsp3) is 0.333. The predicted octanol–water partition coefficient (Wildman–Crippen LogP) is 3.46. The van der Waals surface area contributed by atoms with Crippen molar-refractivity contribution in [3.05, 3.63) is 38.8 Å². The zero-order valence-corrected chi connectivity index (χ0v) is 11.4. The number of rotatable bonds is 4. The minimum absolute atomic E-state index is 0.699. The van der Waals surface area contributed by atoms with Crippen molar-refractivity contribution in [2.24, 2.45) is 0 Å². The molecule has 17 heavy (non-hydrogen) atoms. The van der Waals surface area contributed by atoms with Gasteiger partial charge in [-0.1, -0.05) is 11.6 Å². The second-order valence-electron chi connectivity index (χ2n) is 3.86. The SMILES string of the molecule is Cc1cc(C)nc(NCCc2ccc(Cl)s2)n1. The lowest BCUT2D eigenvalue weighted by Crippen LogP contribution is -2.08. The summed E-state index contributed by atoms with van der Waals surface area (Å²) >= 11 is 7.49. The van der Waals surface area contributed by atoms with Gasteiger partial charge >= 0.3 is 0 Å². The minimum atomic E-state index is 0.699. The number of thiophene rings is 1. The molecule has 0 fully saturated rings. The Balaban J connectivity index is 1.89. The zero-order valence-electron chi connectivity index (χ0n) is 9.83. The number of nitrogens with one attached hydrogen (secondary N) is 1. The third kappa shape index (κ3) is 3.68. The van der Waals surface area contributed by atoms with Crippen LogP contribution in [0.3, 0.4) is 0 Å². The number of aromatic nitrogens is 2. The zero-order chi connectivity index (χ0) is 12.3. The van der Waals surface area contributed by atoms with Gasteiger partial charge in [0.2, 0.25) is 5.95 Å². The molecule has 2 heterocycles. The van der Waals surface area contributed by atoms with Crippen molar-refractivity contribution in [1.29, 1.82) is 0 Å². The van der Waals surface area contributed by atoms with Crippen molar-refractivity contribution < 1.29 is 0 Å². The summed E-state index contributed by atoms with van der Waals surface area (Å²) in [7, 11) is 0. The van der Waals surface area contributed by atoms with Gasteiger partial charge in [-0.3, -0.25) is 0 Å². The van der Waals surface area contributed by atoms with Crippen molar-refractivity contribution in [2.45, 2.75) is 20.3 Å².